The Labute approximate surface area is 121 Å². The predicted octanol–water partition coefficient (Wildman–Crippen LogP) is 2.93. The highest BCUT2D eigenvalue weighted by molar-refractivity contribution is 6.38. The molecule has 0 spiro atoms. The van der Waals surface area contributed by atoms with Gasteiger partial charge in [-0.3, -0.25) is 9.59 Å². The van der Waals surface area contributed by atoms with Crippen molar-refractivity contribution in [2.75, 3.05) is 4.90 Å². The highest BCUT2D eigenvalue weighted by Gasteiger charge is 2.42. The van der Waals surface area contributed by atoms with Gasteiger partial charge < -0.3 is 10.2 Å². The number of anilines is 1. The first kappa shape index (κ1) is 14.2. The highest BCUT2D eigenvalue weighted by atomic mass is 35.5. The lowest BCUT2D eigenvalue weighted by atomic mass is 10.1. The van der Waals surface area contributed by atoms with Crippen molar-refractivity contribution in [3.05, 3.63) is 27.7 Å². The topological polar surface area (TPSA) is 49.4 Å². The summed E-state index contributed by atoms with van der Waals surface area (Å²) in [7, 11) is 0. The Hall–Kier alpha value is -1.26. The number of nitrogens with zero attached hydrogens (tertiary/aromatic N) is 1. The van der Waals surface area contributed by atoms with Gasteiger partial charge in [0.1, 0.15) is 6.04 Å². The Morgan fingerprint density at radius 2 is 1.89 bits per heavy atom. The number of carbonyl (C=O) groups is 2. The summed E-state index contributed by atoms with van der Waals surface area (Å²) in [4.78, 5) is 25.3. The van der Waals surface area contributed by atoms with Gasteiger partial charge in [0, 0.05) is 23.6 Å². The van der Waals surface area contributed by atoms with Crippen LogP contribution < -0.4 is 10.2 Å². The van der Waals surface area contributed by atoms with E-state index in [-0.39, 0.29) is 17.9 Å². The van der Waals surface area contributed by atoms with Crippen molar-refractivity contribution in [2.24, 2.45) is 0 Å². The molecule has 0 saturated heterocycles. The molecular weight excluding hydrogens is 287 g/mol. The van der Waals surface area contributed by atoms with Gasteiger partial charge in [0.25, 0.3) is 5.91 Å². The number of hydrogen-bond donors (Lipinski definition) is 1. The quantitative estimate of drug-likeness (QED) is 0.913. The fourth-order valence-electron chi connectivity index (χ4n) is 2.30. The molecule has 1 aliphatic heterocycles. The maximum absolute atomic E-state index is 12.4. The number of benzene rings is 1. The summed E-state index contributed by atoms with van der Waals surface area (Å²) in [6.07, 6.45) is 0. The van der Waals surface area contributed by atoms with Crippen LogP contribution in [0.1, 0.15) is 32.4 Å². The molecule has 0 fully saturated rings. The van der Waals surface area contributed by atoms with Crippen molar-refractivity contribution >= 4 is 40.7 Å². The first-order valence-electron chi connectivity index (χ1n) is 5.92. The Morgan fingerprint density at radius 1 is 1.32 bits per heavy atom. The standard InChI is InChI=1S/C13H14Cl2N2O2/c1-6(2)17-12-9(15)5-4-8(14)10(12)11(13(17)19)16-7(3)18/h4-6,11H,1-3H3,(H,16,18)/t11-/m0/s1. The number of fused-ring (bicyclic) bond motifs is 1. The van der Waals surface area contributed by atoms with E-state index in [1.807, 2.05) is 13.8 Å². The van der Waals surface area contributed by atoms with Gasteiger partial charge in [-0.1, -0.05) is 23.2 Å². The first-order chi connectivity index (χ1) is 8.84. The maximum atomic E-state index is 12.4. The molecule has 0 aliphatic carbocycles. The molecule has 0 saturated carbocycles. The average molecular weight is 301 g/mol. The van der Waals surface area contributed by atoms with Crippen LogP contribution in [0.5, 0.6) is 0 Å². The molecule has 0 aromatic heterocycles. The second kappa shape index (κ2) is 5.02. The number of carbonyl (C=O) groups excluding carboxylic acids is 2. The minimum absolute atomic E-state index is 0.0685. The zero-order valence-corrected chi connectivity index (χ0v) is 12.3. The number of hydrogen-bond acceptors (Lipinski definition) is 2. The van der Waals surface area contributed by atoms with Crippen molar-refractivity contribution < 1.29 is 9.59 Å². The molecular formula is C13H14Cl2N2O2. The average Bonchev–Trinajstić information content (AvgIpc) is 2.58. The van der Waals surface area contributed by atoms with E-state index in [4.69, 9.17) is 23.2 Å². The molecule has 2 amide bonds. The van der Waals surface area contributed by atoms with Crippen LogP contribution in [0, 0.1) is 0 Å². The van der Waals surface area contributed by atoms with Crippen molar-refractivity contribution in [3.63, 3.8) is 0 Å². The lowest BCUT2D eigenvalue weighted by Gasteiger charge is -2.23. The van der Waals surface area contributed by atoms with Crippen LogP contribution in [0.2, 0.25) is 10.0 Å². The van der Waals surface area contributed by atoms with Crippen LogP contribution in [0.25, 0.3) is 0 Å². The van der Waals surface area contributed by atoms with Gasteiger partial charge in [-0.2, -0.15) is 0 Å². The minimum atomic E-state index is -0.763. The van der Waals surface area contributed by atoms with Crippen molar-refractivity contribution in [3.8, 4) is 0 Å². The smallest absolute Gasteiger partial charge is 0.254 e. The normalized spacial score (nSPS) is 17.9. The minimum Gasteiger partial charge on any atom is -0.341 e. The summed E-state index contributed by atoms with van der Waals surface area (Å²) in [6.45, 7) is 5.13. The second-order valence-corrected chi connectivity index (χ2v) is 5.54. The number of nitrogens with one attached hydrogen (secondary N) is 1. The van der Waals surface area contributed by atoms with Crippen molar-refractivity contribution in [1.82, 2.24) is 5.32 Å². The Morgan fingerprint density at radius 3 is 2.42 bits per heavy atom. The van der Waals surface area contributed by atoms with Gasteiger partial charge in [-0.15, -0.1) is 0 Å². The van der Waals surface area contributed by atoms with E-state index >= 15 is 0 Å². The molecule has 1 aromatic carbocycles. The van der Waals surface area contributed by atoms with E-state index in [1.165, 1.54) is 6.92 Å². The van der Waals surface area contributed by atoms with E-state index in [9.17, 15) is 9.59 Å². The summed E-state index contributed by atoms with van der Waals surface area (Å²) >= 11 is 12.3. The molecule has 0 bridgehead atoms. The highest BCUT2D eigenvalue weighted by Crippen LogP contribution is 2.45. The van der Waals surface area contributed by atoms with Gasteiger partial charge >= 0.3 is 0 Å². The van der Waals surface area contributed by atoms with E-state index in [0.717, 1.165) is 0 Å². The molecule has 0 radical (unpaired) electrons. The third kappa shape index (κ3) is 2.30. The van der Waals surface area contributed by atoms with Gasteiger partial charge in [0.2, 0.25) is 5.91 Å². The van der Waals surface area contributed by atoms with Crippen LogP contribution in [-0.2, 0) is 9.59 Å². The van der Waals surface area contributed by atoms with Crippen LogP contribution in [0.3, 0.4) is 0 Å². The van der Waals surface area contributed by atoms with Crippen LogP contribution in [0.4, 0.5) is 5.69 Å². The molecule has 19 heavy (non-hydrogen) atoms. The number of rotatable bonds is 2. The summed E-state index contributed by atoms with van der Waals surface area (Å²) < 4.78 is 0. The molecule has 2 rings (SSSR count). The first-order valence-corrected chi connectivity index (χ1v) is 6.68. The molecule has 0 unspecified atom stereocenters. The molecule has 1 N–H and O–H groups in total. The Bertz CT molecular complexity index is 558. The molecule has 1 aliphatic rings. The summed E-state index contributed by atoms with van der Waals surface area (Å²) in [6, 6.07) is 2.46. The van der Waals surface area contributed by atoms with Gasteiger partial charge in [0.05, 0.1) is 10.7 Å². The van der Waals surface area contributed by atoms with Gasteiger partial charge in [-0.05, 0) is 26.0 Å². The summed E-state index contributed by atoms with van der Waals surface area (Å²) in [5.41, 5.74) is 1.16. The van der Waals surface area contributed by atoms with Crippen LogP contribution in [0.15, 0.2) is 12.1 Å². The summed E-state index contributed by atoms with van der Waals surface area (Å²) in [5.74, 6) is -0.499. The largest absolute Gasteiger partial charge is 0.341 e. The van der Waals surface area contributed by atoms with E-state index in [0.29, 0.717) is 21.3 Å². The molecule has 4 nitrogen and oxygen atoms in total. The monoisotopic (exact) mass is 300 g/mol. The van der Waals surface area contributed by atoms with E-state index in [2.05, 4.69) is 5.32 Å². The van der Waals surface area contributed by atoms with Crippen molar-refractivity contribution in [2.45, 2.75) is 32.9 Å². The predicted molar refractivity (Wildman–Crippen MR) is 75.6 cm³/mol. The molecule has 1 heterocycles. The van der Waals surface area contributed by atoms with Crippen LogP contribution in [-0.4, -0.2) is 17.9 Å². The van der Waals surface area contributed by atoms with Crippen LogP contribution >= 0.6 is 23.2 Å². The Kier molecular flexibility index (Phi) is 3.74. The lowest BCUT2D eigenvalue weighted by molar-refractivity contribution is -0.126. The number of halogens is 2. The zero-order valence-electron chi connectivity index (χ0n) is 10.8. The fourth-order valence-corrected chi connectivity index (χ4v) is 2.82. The number of amides is 2. The van der Waals surface area contributed by atoms with Gasteiger partial charge in [-0.25, -0.2) is 0 Å². The molecule has 6 heteroatoms. The van der Waals surface area contributed by atoms with E-state index < -0.39 is 6.04 Å². The SMILES string of the molecule is CC(=O)N[C@@H]1C(=O)N(C(C)C)c2c(Cl)ccc(Cl)c21. The second-order valence-electron chi connectivity index (χ2n) is 4.73. The van der Waals surface area contributed by atoms with Gasteiger partial charge in [0.15, 0.2) is 0 Å². The Balaban J connectivity index is 2.63. The molecule has 102 valence electrons. The summed E-state index contributed by atoms with van der Waals surface area (Å²) in [5, 5.41) is 3.51. The maximum Gasteiger partial charge on any atom is 0.254 e. The molecule has 1 aromatic rings. The van der Waals surface area contributed by atoms with Crippen molar-refractivity contribution in [1.29, 1.82) is 0 Å². The van der Waals surface area contributed by atoms with E-state index in [1.54, 1.807) is 17.0 Å². The molecule has 1 atom stereocenters. The third-order valence-corrected chi connectivity index (χ3v) is 3.63. The third-order valence-electron chi connectivity index (χ3n) is 2.99. The fraction of sp³-hybridized carbons (Fsp3) is 0.385. The lowest BCUT2D eigenvalue weighted by Crippen LogP contribution is -2.40. The zero-order chi connectivity index (χ0) is 14.3.